The van der Waals surface area contributed by atoms with Crippen LogP contribution in [-0.2, 0) is 15.0 Å². The maximum Gasteiger partial charge on any atom is 0.337 e. The summed E-state index contributed by atoms with van der Waals surface area (Å²) in [5.74, 6) is -0.263. The summed E-state index contributed by atoms with van der Waals surface area (Å²) in [4.78, 5) is 22.6. The fourth-order valence-corrected chi connectivity index (χ4v) is 5.36. The molecular formula is C28H29NO4. The molecule has 3 N–H and O–H groups in total. The number of aliphatic hydroxyl groups excluding tert-OH is 1. The zero-order valence-electron chi connectivity index (χ0n) is 18.4. The Labute approximate surface area is 194 Å². The van der Waals surface area contributed by atoms with Crippen molar-refractivity contribution in [1.29, 1.82) is 0 Å². The first-order valence-corrected chi connectivity index (χ1v) is 11.3. The van der Waals surface area contributed by atoms with E-state index in [1.54, 1.807) is 30.3 Å². The van der Waals surface area contributed by atoms with Gasteiger partial charge in [-0.15, -0.1) is 0 Å². The van der Waals surface area contributed by atoms with E-state index in [1.165, 1.54) is 11.1 Å². The molecule has 1 aliphatic carbocycles. The van der Waals surface area contributed by atoms with E-state index in [-0.39, 0.29) is 11.3 Å². The minimum atomic E-state index is -1.41. The van der Waals surface area contributed by atoms with Crippen molar-refractivity contribution in [3.8, 4) is 0 Å². The molecule has 5 heteroatoms. The van der Waals surface area contributed by atoms with Crippen LogP contribution in [0.1, 0.15) is 35.6 Å². The number of fused-ring (bicyclic) bond motifs is 1. The fourth-order valence-electron chi connectivity index (χ4n) is 5.36. The highest BCUT2D eigenvalue weighted by Crippen LogP contribution is 2.50. The number of hydrogen-bond donors (Lipinski definition) is 3. The normalized spacial score (nSPS) is 21.9. The van der Waals surface area contributed by atoms with Gasteiger partial charge in [-0.2, -0.15) is 0 Å². The molecule has 1 saturated carbocycles. The van der Waals surface area contributed by atoms with Crippen LogP contribution in [0.5, 0.6) is 0 Å². The number of aliphatic hydroxyl groups is 1. The second-order valence-corrected chi connectivity index (χ2v) is 8.69. The van der Waals surface area contributed by atoms with Crippen molar-refractivity contribution in [2.75, 3.05) is 13.1 Å². The molecule has 5 rings (SSSR count). The fraction of sp³-hybridized carbons (Fsp3) is 0.286. The molecule has 2 fully saturated rings. The number of carboxylic acid groups (broad SMARTS) is 1. The standard InChI is InChI=1S/C20H21NO.C8H8O3/c22-19-11-12-20(15-7-3-1-4-8-15,16-9-5-2-6-10-16)18-14-21-13-17(18)19;9-7(8(10)11)6-4-2-1-3-5-6/h1-10,17-18,21H,11-14H2;1-5,7,9H,(H,10,11)/t17-,18+;/m0./s1. The molecule has 0 bridgehead atoms. The second-order valence-electron chi connectivity index (χ2n) is 8.69. The van der Waals surface area contributed by atoms with Crippen LogP contribution in [0.4, 0.5) is 0 Å². The van der Waals surface area contributed by atoms with E-state index in [0.717, 1.165) is 19.5 Å². The Hall–Kier alpha value is -3.28. The van der Waals surface area contributed by atoms with Gasteiger partial charge in [0, 0.05) is 24.3 Å². The average Bonchev–Trinajstić information content (AvgIpc) is 3.38. The molecule has 1 unspecified atom stereocenters. The number of carboxylic acids is 1. The second kappa shape index (κ2) is 10.1. The minimum absolute atomic E-state index is 0.0371. The number of Topliss-reactive ketones (excluding diaryl/α,β-unsaturated/α-hetero) is 1. The van der Waals surface area contributed by atoms with Gasteiger partial charge in [0.05, 0.1) is 0 Å². The Morgan fingerprint density at radius 3 is 1.88 bits per heavy atom. The molecule has 0 amide bonds. The summed E-state index contributed by atoms with van der Waals surface area (Å²) in [6.07, 6.45) is 0.200. The van der Waals surface area contributed by atoms with E-state index < -0.39 is 12.1 Å². The number of benzene rings is 3. The summed E-state index contributed by atoms with van der Waals surface area (Å²) >= 11 is 0. The number of ketones is 1. The highest BCUT2D eigenvalue weighted by Gasteiger charge is 2.52. The monoisotopic (exact) mass is 443 g/mol. The molecule has 0 radical (unpaired) electrons. The van der Waals surface area contributed by atoms with Crippen molar-refractivity contribution in [2.24, 2.45) is 11.8 Å². The van der Waals surface area contributed by atoms with Crippen molar-refractivity contribution >= 4 is 11.8 Å². The first-order valence-electron chi connectivity index (χ1n) is 11.3. The van der Waals surface area contributed by atoms with Crippen LogP contribution in [-0.4, -0.2) is 35.1 Å². The highest BCUT2D eigenvalue weighted by atomic mass is 16.4. The molecule has 3 aromatic carbocycles. The van der Waals surface area contributed by atoms with Gasteiger partial charge in [-0.05, 0) is 35.6 Å². The SMILES string of the molecule is O=C(O)C(O)c1ccccc1.O=C1CCC(c2ccccc2)(c2ccccc2)[C@@H]2CNC[C@H]12. The lowest BCUT2D eigenvalue weighted by Crippen LogP contribution is -2.47. The van der Waals surface area contributed by atoms with Gasteiger partial charge in [0.25, 0.3) is 0 Å². The van der Waals surface area contributed by atoms with Crippen molar-refractivity contribution < 1.29 is 19.8 Å². The van der Waals surface area contributed by atoms with Crippen LogP contribution in [0.3, 0.4) is 0 Å². The van der Waals surface area contributed by atoms with Gasteiger partial charge in [-0.25, -0.2) is 4.79 Å². The lowest BCUT2D eigenvalue weighted by molar-refractivity contribution is -0.147. The Balaban J connectivity index is 0.000000200. The van der Waals surface area contributed by atoms with E-state index in [0.29, 0.717) is 23.7 Å². The maximum absolute atomic E-state index is 12.4. The van der Waals surface area contributed by atoms with Gasteiger partial charge in [0.2, 0.25) is 0 Å². The van der Waals surface area contributed by atoms with Crippen LogP contribution in [0, 0.1) is 11.8 Å². The summed E-state index contributed by atoms with van der Waals surface area (Å²) in [5, 5.41) is 20.9. The largest absolute Gasteiger partial charge is 0.479 e. The van der Waals surface area contributed by atoms with Gasteiger partial charge in [-0.3, -0.25) is 4.79 Å². The summed E-state index contributed by atoms with van der Waals surface area (Å²) in [7, 11) is 0. The zero-order chi connectivity index (χ0) is 23.3. The molecule has 33 heavy (non-hydrogen) atoms. The topological polar surface area (TPSA) is 86.6 Å². The molecule has 2 aliphatic rings. The van der Waals surface area contributed by atoms with Crippen LogP contribution < -0.4 is 5.32 Å². The minimum Gasteiger partial charge on any atom is -0.479 e. The summed E-state index contributed by atoms with van der Waals surface area (Å²) < 4.78 is 0. The molecule has 1 aliphatic heterocycles. The lowest BCUT2D eigenvalue weighted by atomic mass is 9.56. The molecule has 5 nitrogen and oxygen atoms in total. The molecule has 1 saturated heterocycles. The maximum atomic E-state index is 12.4. The van der Waals surface area contributed by atoms with Gasteiger partial charge in [0.15, 0.2) is 6.10 Å². The number of carbonyl (C=O) groups is 2. The zero-order valence-corrected chi connectivity index (χ0v) is 18.4. The van der Waals surface area contributed by atoms with Gasteiger partial charge < -0.3 is 15.5 Å². The lowest BCUT2D eigenvalue weighted by Gasteiger charge is -2.45. The molecule has 1 heterocycles. The number of rotatable bonds is 4. The number of aliphatic carboxylic acids is 1. The van der Waals surface area contributed by atoms with E-state index in [1.807, 2.05) is 0 Å². The van der Waals surface area contributed by atoms with Gasteiger partial charge in [-0.1, -0.05) is 91.0 Å². The number of hydrogen-bond acceptors (Lipinski definition) is 4. The van der Waals surface area contributed by atoms with Crippen LogP contribution in [0.25, 0.3) is 0 Å². The summed E-state index contributed by atoms with van der Waals surface area (Å²) in [5.41, 5.74) is 3.07. The molecule has 170 valence electrons. The average molecular weight is 444 g/mol. The quantitative estimate of drug-likeness (QED) is 0.568. The molecule has 0 aromatic heterocycles. The van der Waals surface area contributed by atoms with Crippen molar-refractivity contribution in [3.05, 3.63) is 108 Å². The first kappa shape index (κ1) is 22.9. The van der Waals surface area contributed by atoms with E-state index in [9.17, 15) is 9.59 Å². The molecule has 3 atom stereocenters. The number of nitrogens with one attached hydrogen (secondary N) is 1. The third kappa shape index (κ3) is 4.61. The number of carbonyl (C=O) groups excluding carboxylic acids is 1. The third-order valence-electron chi connectivity index (χ3n) is 6.95. The molecule has 0 spiro atoms. The van der Waals surface area contributed by atoms with Crippen LogP contribution >= 0.6 is 0 Å². The van der Waals surface area contributed by atoms with Crippen molar-refractivity contribution in [2.45, 2.75) is 24.4 Å². The Morgan fingerprint density at radius 1 is 0.848 bits per heavy atom. The van der Waals surface area contributed by atoms with Crippen LogP contribution in [0.2, 0.25) is 0 Å². The smallest absolute Gasteiger partial charge is 0.337 e. The van der Waals surface area contributed by atoms with E-state index in [4.69, 9.17) is 10.2 Å². The van der Waals surface area contributed by atoms with E-state index in [2.05, 4.69) is 66.0 Å². The van der Waals surface area contributed by atoms with Crippen molar-refractivity contribution in [1.82, 2.24) is 5.32 Å². The van der Waals surface area contributed by atoms with Gasteiger partial charge in [0.1, 0.15) is 5.78 Å². The predicted octanol–water partition coefficient (Wildman–Crippen LogP) is 3.98. The Morgan fingerprint density at radius 2 is 1.36 bits per heavy atom. The highest BCUT2D eigenvalue weighted by molar-refractivity contribution is 5.84. The Bertz CT molecular complexity index is 1030. The Kier molecular flexibility index (Phi) is 7.02. The van der Waals surface area contributed by atoms with Crippen molar-refractivity contribution in [3.63, 3.8) is 0 Å². The summed E-state index contributed by atoms with van der Waals surface area (Å²) in [6, 6.07) is 29.8. The predicted molar refractivity (Wildman–Crippen MR) is 127 cm³/mol. The van der Waals surface area contributed by atoms with Gasteiger partial charge >= 0.3 is 5.97 Å². The molecular weight excluding hydrogens is 414 g/mol. The summed E-state index contributed by atoms with van der Waals surface area (Å²) in [6.45, 7) is 1.77. The van der Waals surface area contributed by atoms with Crippen LogP contribution in [0.15, 0.2) is 91.0 Å². The van der Waals surface area contributed by atoms with E-state index >= 15 is 0 Å². The third-order valence-corrected chi connectivity index (χ3v) is 6.95. The molecule has 3 aromatic rings. The first-order chi connectivity index (χ1) is 16.0.